The molecule has 4 nitrogen and oxygen atoms in total. The molecule has 0 aliphatic rings. The highest BCUT2D eigenvalue weighted by atomic mass is 79.9. The summed E-state index contributed by atoms with van der Waals surface area (Å²) in [5, 5.41) is 2.36. The first-order valence-corrected chi connectivity index (χ1v) is 6.52. The predicted molar refractivity (Wildman–Crippen MR) is 73.0 cm³/mol. The summed E-state index contributed by atoms with van der Waals surface area (Å²) in [6, 6.07) is 5.87. The van der Waals surface area contributed by atoms with Gasteiger partial charge in [0.25, 0.3) is 5.91 Å². The van der Waals surface area contributed by atoms with Crippen LogP contribution in [0.4, 0.5) is 23.2 Å². The third-order valence-electron chi connectivity index (χ3n) is 2.40. The van der Waals surface area contributed by atoms with Crippen LogP contribution in [0.1, 0.15) is 10.4 Å². The largest absolute Gasteiger partial charge is 0.573 e. The first-order valence-electron chi connectivity index (χ1n) is 5.73. The fourth-order valence-corrected chi connectivity index (χ4v) is 1.82. The van der Waals surface area contributed by atoms with Crippen molar-refractivity contribution in [1.29, 1.82) is 0 Å². The summed E-state index contributed by atoms with van der Waals surface area (Å²) in [5.41, 5.74) is 0.138. The monoisotopic (exact) mass is 378 g/mol. The van der Waals surface area contributed by atoms with Crippen LogP contribution in [0.5, 0.6) is 5.75 Å². The molecular formula is C13H7BrF4N2O2. The first kappa shape index (κ1) is 16.2. The van der Waals surface area contributed by atoms with E-state index < -0.39 is 24.0 Å². The van der Waals surface area contributed by atoms with E-state index in [1.165, 1.54) is 18.2 Å². The van der Waals surface area contributed by atoms with E-state index in [0.29, 0.717) is 0 Å². The Kier molecular flexibility index (Phi) is 4.65. The number of nitrogens with zero attached hydrogens (tertiary/aromatic N) is 1. The summed E-state index contributed by atoms with van der Waals surface area (Å²) >= 11 is 2.91. The van der Waals surface area contributed by atoms with Crippen LogP contribution in [0.3, 0.4) is 0 Å². The third kappa shape index (κ3) is 4.42. The van der Waals surface area contributed by atoms with Crippen LogP contribution in [0.25, 0.3) is 0 Å². The van der Waals surface area contributed by atoms with E-state index in [9.17, 15) is 22.4 Å². The molecule has 1 aromatic carbocycles. The number of amides is 1. The van der Waals surface area contributed by atoms with Crippen molar-refractivity contribution in [2.75, 3.05) is 5.32 Å². The van der Waals surface area contributed by atoms with Gasteiger partial charge in [-0.25, -0.2) is 4.98 Å². The molecule has 0 atom stereocenters. The smallest absolute Gasteiger partial charge is 0.405 e. The van der Waals surface area contributed by atoms with Crippen molar-refractivity contribution in [3.8, 4) is 5.75 Å². The van der Waals surface area contributed by atoms with Gasteiger partial charge in [0.05, 0.1) is 10.0 Å². The van der Waals surface area contributed by atoms with Crippen LogP contribution in [-0.4, -0.2) is 17.3 Å². The number of hydrogen-bond acceptors (Lipinski definition) is 3. The fourth-order valence-electron chi connectivity index (χ4n) is 1.50. The Bertz CT molecular complexity index is 689. The van der Waals surface area contributed by atoms with Gasteiger partial charge >= 0.3 is 6.36 Å². The van der Waals surface area contributed by atoms with Gasteiger partial charge in [-0.2, -0.15) is 4.39 Å². The minimum Gasteiger partial charge on any atom is -0.405 e. The molecule has 9 heteroatoms. The van der Waals surface area contributed by atoms with Crippen molar-refractivity contribution >= 4 is 27.5 Å². The van der Waals surface area contributed by atoms with E-state index in [4.69, 9.17) is 0 Å². The van der Waals surface area contributed by atoms with Crippen LogP contribution in [0.15, 0.2) is 41.0 Å². The summed E-state index contributed by atoms with van der Waals surface area (Å²) < 4.78 is 53.3. The molecule has 1 amide bonds. The van der Waals surface area contributed by atoms with Crippen LogP contribution in [-0.2, 0) is 0 Å². The predicted octanol–water partition coefficient (Wildman–Crippen LogP) is 4.13. The molecule has 0 saturated carbocycles. The van der Waals surface area contributed by atoms with Gasteiger partial charge < -0.3 is 10.1 Å². The summed E-state index contributed by atoms with van der Waals surface area (Å²) in [6.07, 6.45) is -3.84. The number of alkyl halides is 3. The highest BCUT2D eigenvalue weighted by molar-refractivity contribution is 9.10. The molecule has 22 heavy (non-hydrogen) atoms. The van der Waals surface area contributed by atoms with E-state index in [2.05, 4.69) is 31.0 Å². The number of halogens is 5. The molecule has 1 heterocycles. The number of pyridine rings is 1. The summed E-state index contributed by atoms with van der Waals surface area (Å²) in [4.78, 5) is 15.2. The van der Waals surface area contributed by atoms with Crippen LogP contribution >= 0.6 is 15.9 Å². The second-order valence-corrected chi connectivity index (χ2v) is 4.87. The molecule has 0 bridgehead atoms. The molecule has 0 spiro atoms. The number of nitrogens with one attached hydrogen (secondary N) is 1. The lowest BCUT2D eigenvalue weighted by molar-refractivity contribution is -0.274. The molecule has 0 saturated heterocycles. The normalized spacial score (nSPS) is 11.1. The lowest BCUT2D eigenvalue weighted by Crippen LogP contribution is -2.18. The number of anilines is 1. The van der Waals surface area contributed by atoms with E-state index >= 15 is 0 Å². The topological polar surface area (TPSA) is 51.2 Å². The minimum atomic E-state index is -4.86. The average Bonchev–Trinajstić information content (AvgIpc) is 2.41. The quantitative estimate of drug-likeness (QED) is 0.645. The Balaban J connectivity index is 2.17. The lowest BCUT2D eigenvalue weighted by atomic mass is 10.2. The Hall–Kier alpha value is -2.16. The van der Waals surface area contributed by atoms with Crippen LogP contribution in [0.2, 0.25) is 0 Å². The SMILES string of the molecule is O=C(Nc1ccc(Br)c(OC(F)(F)F)c1)c1ccc(F)nc1. The Labute approximate surface area is 130 Å². The van der Waals surface area contributed by atoms with Gasteiger partial charge in [-0.15, -0.1) is 13.2 Å². The van der Waals surface area contributed by atoms with Gasteiger partial charge in [-0.05, 0) is 40.2 Å². The van der Waals surface area contributed by atoms with E-state index in [1.807, 2.05) is 0 Å². The standard InChI is InChI=1S/C13H7BrF4N2O2/c14-9-3-2-8(5-10(9)22-13(16,17)18)20-12(21)7-1-4-11(15)19-6-7/h1-6H,(H,20,21). The summed E-state index contributed by atoms with van der Waals surface area (Å²) in [5.74, 6) is -1.89. The van der Waals surface area contributed by atoms with Crippen molar-refractivity contribution < 1.29 is 27.1 Å². The van der Waals surface area contributed by atoms with E-state index in [-0.39, 0.29) is 15.7 Å². The minimum absolute atomic E-state index is 0.0580. The maximum absolute atomic E-state index is 12.7. The highest BCUT2D eigenvalue weighted by Crippen LogP contribution is 2.32. The Morgan fingerprint density at radius 3 is 2.55 bits per heavy atom. The Morgan fingerprint density at radius 2 is 1.95 bits per heavy atom. The number of carbonyl (C=O) groups is 1. The van der Waals surface area contributed by atoms with Crippen molar-refractivity contribution in [3.05, 3.63) is 52.5 Å². The molecule has 1 aromatic heterocycles. The third-order valence-corrected chi connectivity index (χ3v) is 3.06. The molecule has 2 rings (SSSR count). The van der Waals surface area contributed by atoms with E-state index in [0.717, 1.165) is 18.3 Å². The average molecular weight is 379 g/mol. The lowest BCUT2D eigenvalue weighted by Gasteiger charge is -2.12. The zero-order valence-corrected chi connectivity index (χ0v) is 12.2. The molecule has 0 aliphatic heterocycles. The van der Waals surface area contributed by atoms with Crippen molar-refractivity contribution in [2.24, 2.45) is 0 Å². The van der Waals surface area contributed by atoms with Crippen molar-refractivity contribution in [1.82, 2.24) is 4.98 Å². The molecule has 116 valence electrons. The molecule has 2 aromatic rings. The van der Waals surface area contributed by atoms with Crippen LogP contribution in [0, 0.1) is 5.95 Å². The number of hydrogen-bond donors (Lipinski definition) is 1. The van der Waals surface area contributed by atoms with E-state index in [1.54, 1.807) is 0 Å². The molecule has 0 fully saturated rings. The molecule has 0 unspecified atom stereocenters. The van der Waals surface area contributed by atoms with Gasteiger partial charge in [0.2, 0.25) is 5.95 Å². The van der Waals surface area contributed by atoms with Crippen molar-refractivity contribution in [3.63, 3.8) is 0 Å². The summed E-state index contributed by atoms with van der Waals surface area (Å²) in [7, 11) is 0. The van der Waals surface area contributed by atoms with Gasteiger partial charge in [0, 0.05) is 18.0 Å². The zero-order chi connectivity index (χ0) is 16.3. The first-order chi connectivity index (χ1) is 10.2. The van der Waals surface area contributed by atoms with Gasteiger partial charge in [-0.1, -0.05) is 0 Å². The van der Waals surface area contributed by atoms with Gasteiger partial charge in [0.1, 0.15) is 5.75 Å². The molecular weight excluding hydrogens is 372 g/mol. The number of carbonyl (C=O) groups excluding carboxylic acids is 1. The summed E-state index contributed by atoms with van der Waals surface area (Å²) in [6.45, 7) is 0. The second-order valence-electron chi connectivity index (χ2n) is 4.02. The number of aromatic nitrogens is 1. The zero-order valence-electron chi connectivity index (χ0n) is 10.6. The Morgan fingerprint density at radius 1 is 1.23 bits per heavy atom. The molecule has 0 radical (unpaired) electrons. The maximum Gasteiger partial charge on any atom is 0.573 e. The van der Waals surface area contributed by atoms with Gasteiger partial charge in [-0.3, -0.25) is 4.79 Å². The van der Waals surface area contributed by atoms with Crippen LogP contribution < -0.4 is 10.1 Å². The number of rotatable bonds is 3. The number of benzene rings is 1. The van der Waals surface area contributed by atoms with Gasteiger partial charge in [0.15, 0.2) is 0 Å². The number of ether oxygens (including phenoxy) is 1. The fraction of sp³-hybridized carbons (Fsp3) is 0.0769. The molecule has 0 aliphatic carbocycles. The molecule has 1 N–H and O–H groups in total. The highest BCUT2D eigenvalue weighted by Gasteiger charge is 2.32. The maximum atomic E-state index is 12.7. The second kappa shape index (κ2) is 6.30. The van der Waals surface area contributed by atoms with Crippen molar-refractivity contribution in [2.45, 2.75) is 6.36 Å².